The van der Waals surface area contributed by atoms with Crippen LogP contribution in [-0.2, 0) is 9.13 Å². The van der Waals surface area contributed by atoms with Crippen molar-refractivity contribution in [2.24, 2.45) is 0 Å². The molecule has 16 rings (SSSR count). The predicted molar refractivity (Wildman–Crippen MR) is 387 cm³/mol. The molecule has 0 N–H and O–H groups in total. The van der Waals surface area contributed by atoms with Crippen LogP contribution in [0.1, 0.15) is 0 Å². The summed E-state index contributed by atoms with van der Waals surface area (Å²) in [6.45, 7) is 0. The normalized spacial score (nSPS) is 12.8. The van der Waals surface area contributed by atoms with Gasteiger partial charge < -0.3 is 28.7 Å². The van der Waals surface area contributed by atoms with Crippen molar-refractivity contribution in [2.75, 3.05) is 19.6 Å². The largest absolute Gasteiger partial charge is 0.311 e. The van der Waals surface area contributed by atoms with Gasteiger partial charge in [0.2, 0.25) is 0 Å². The Morgan fingerprint density at radius 3 is 0.522 bits per heavy atom. The smallest absolute Gasteiger partial charge is 0.172 e. The van der Waals surface area contributed by atoms with E-state index in [4.69, 9.17) is 0 Å². The molecule has 0 saturated heterocycles. The Balaban J connectivity index is 0.900. The second kappa shape index (κ2) is 23.6. The van der Waals surface area contributed by atoms with E-state index in [2.05, 4.69) is 335 Å². The molecule has 14 aromatic rings. The highest BCUT2D eigenvalue weighted by Gasteiger charge is 2.53. The zero-order valence-corrected chi connectivity index (χ0v) is 51.9. The van der Waals surface area contributed by atoms with Crippen molar-refractivity contribution in [1.29, 1.82) is 0 Å². The summed E-state index contributed by atoms with van der Waals surface area (Å²) in [5.74, 6) is 0. The standard InChI is InChI=1S/C84H60N4O2P2/c89-91(77-53-49-75(50-54-77)87(69-33-17-5-18-34-69)70-35-19-6-20-36-70)79-57-63(61-41-45-73(46-42-61)85(65-25-9-1-10-26-65)66-27-11-2-12-28-66)58-80-83(79)84-81(91)59-64(62-43-47-74(48-44-62)86(67-29-13-3-14-30-67)68-31-15-4-16-32-68)60-82(84)92(80,90)78-55-51-76(52-56-78)88(71-37-21-7-22-38-71)72-39-23-8-24-40-72/h1-60H. The van der Waals surface area contributed by atoms with E-state index in [1.54, 1.807) is 0 Å². The first-order valence-corrected chi connectivity index (χ1v) is 34.4. The van der Waals surface area contributed by atoms with Crippen LogP contribution in [-0.4, -0.2) is 0 Å². The SMILES string of the molecule is O=P1(c2ccc(N(c3ccccc3)c3ccccc3)cc2)c2cc(-c3ccc(N(c4ccccc4)c4ccccc4)cc3)cc3c2-c2c1cc(-c1ccc(N(c4ccccc4)c4ccccc4)cc1)cc2P3(=O)c1ccc(N(c2ccccc2)c2ccccc2)cc1. The van der Waals surface area contributed by atoms with Gasteiger partial charge in [-0.25, -0.2) is 0 Å². The lowest BCUT2D eigenvalue weighted by Gasteiger charge is -2.27. The average Bonchev–Trinajstić information content (AvgIpc) is 1.49. The first kappa shape index (κ1) is 56.0. The lowest BCUT2D eigenvalue weighted by Crippen LogP contribution is -2.29. The number of hydrogen-bond acceptors (Lipinski definition) is 6. The van der Waals surface area contributed by atoms with Crippen LogP contribution in [0.5, 0.6) is 0 Å². The monoisotopic (exact) mass is 1220 g/mol. The molecular formula is C84H60N4O2P2. The van der Waals surface area contributed by atoms with Gasteiger partial charge in [-0.2, -0.15) is 0 Å². The lowest BCUT2D eigenvalue weighted by molar-refractivity contribution is 0.592. The van der Waals surface area contributed by atoms with Crippen molar-refractivity contribution < 1.29 is 9.13 Å². The van der Waals surface area contributed by atoms with E-state index in [1.165, 1.54) is 0 Å². The third-order valence-corrected chi connectivity index (χ3v) is 24.0. The number of anilines is 12. The summed E-state index contributed by atoms with van der Waals surface area (Å²) < 4.78 is 35.5. The molecule has 8 heteroatoms. The fourth-order valence-corrected chi connectivity index (χ4v) is 19.9. The second-order valence-electron chi connectivity index (χ2n) is 23.2. The van der Waals surface area contributed by atoms with Gasteiger partial charge in [-0.1, -0.05) is 170 Å². The minimum absolute atomic E-state index is 0.693. The summed E-state index contributed by atoms with van der Waals surface area (Å²) >= 11 is 0. The van der Waals surface area contributed by atoms with Crippen LogP contribution in [0.4, 0.5) is 68.2 Å². The topological polar surface area (TPSA) is 47.1 Å². The maximum atomic E-state index is 17.8. The van der Waals surface area contributed by atoms with Gasteiger partial charge >= 0.3 is 0 Å². The van der Waals surface area contributed by atoms with Gasteiger partial charge in [-0.3, -0.25) is 0 Å². The Bertz CT molecular complexity index is 4510. The average molecular weight is 1220 g/mol. The molecule has 0 amide bonds. The molecule has 14 aromatic carbocycles. The quantitative estimate of drug-likeness (QED) is 0.0899. The molecule has 0 bridgehead atoms. The lowest BCUT2D eigenvalue weighted by atomic mass is 9.98. The van der Waals surface area contributed by atoms with Crippen molar-refractivity contribution in [2.45, 2.75) is 0 Å². The highest BCUT2D eigenvalue weighted by molar-refractivity contribution is 7.90. The summed E-state index contributed by atoms with van der Waals surface area (Å²) in [7, 11) is -7.58. The van der Waals surface area contributed by atoms with Crippen molar-refractivity contribution in [3.05, 3.63) is 364 Å². The number of para-hydroxylation sites is 8. The summed E-state index contributed by atoms with van der Waals surface area (Å²) in [5, 5.41) is 4.17. The van der Waals surface area contributed by atoms with Gasteiger partial charge in [0.1, 0.15) is 0 Å². The van der Waals surface area contributed by atoms with Crippen molar-refractivity contribution in [3.8, 4) is 33.4 Å². The molecule has 0 radical (unpaired) electrons. The fourth-order valence-electron chi connectivity index (χ4n) is 13.5. The predicted octanol–water partition coefficient (Wildman–Crippen LogP) is 20.5. The van der Waals surface area contributed by atoms with Gasteiger partial charge in [0.15, 0.2) is 14.3 Å². The molecule has 0 atom stereocenters. The van der Waals surface area contributed by atoms with E-state index in [0.29, 0.717) is 31.8 Å². The Morgan fingerprint density at radius 1 is 0.174 bits per heavy atom. The Hall–Kier alpha value is -11.3. The van der Waals surface area contributed by atoms with Crippen molar-refractivity contribution >= 4 is 114 Å². The van der Waals surface area contributed by atoms with Crippen LogP contribution < -0.4 is 51.4 Å². The molecule has 92 heavy (non-hydrogen) atoms. The summed E-state index contributed by atoms with van der Waals surface area (Å²) in [5.41, 5.74) is 17.1. The molecule has 6 nitrogen and oxygen atoms in total. The molecule has 0 spiro atoms. The number of hydrogen-bond donors (Lipinski definition) is 0. The van der Waals surface area contributed by atoms with Gasteiger partial charge in [0, 0.05) is 111 Å². The van der Waals surface area contributed by atoms with Crippen molar-refractivity contribution in [1.82, 2.24) is 0 Å². The van der Waals surface area contributed by atoms with Crippen LogP contribution in [0, 0.1) is 0 Å². The third-order valence-electron chi connectivity index (χ3n) is 17.8. The fraction of sp³-hybridized carbons (Fsp3) is 0. The molecule has 0 aliphatic carbocycles. The van der Waals surface area contributed by atoms with Crippen LogP contribution in [0.15, 0.2) is 364 Å². The minimum Gasteiger partial charge on any atom is -0.311 e. The third kappa shape index (κ3) is 9.77. The zero-order chi connectivity index (χ0) is 61.6. The number of benzene rings is 14. The van der Waals surface area contributed by atoms with Crippen LogP contribution in [0.2, 0.25) is 0 Å². The van der Waals surface area contributed by atoms with Crippen molar-refractivity contribution in [3.63, 3.8) is 0 Å². The van der Waals surface area contributed by atoms with Gasteiger partial charge in [-0.15, -0.1) is 0 Å². The van der Waals surface area contributed by atoms with Gasteiger partial charge in [0.05, 0.1) is 0 Å². The molecule has 0 saturated carbocycles. The zero-order valence-electron chi connectivity index (χ0n) is 50.1. The Labute approximate surface area is 537 Å². The maximum absolute atomic E-state index is 17.8. The van der Waals surface area contributed by atoms with E-state index in [9.17, 15) is 0 Å². The number of nitrogens with zero attached hydrogens (tertiary/aromatic N) is 4. The highest BCUT2D eigenvalue weighted by atomic mass is 31.2. The molecule has 2 aliphatic rings. The molecular weight excluding hydrogens is 1160 g/mol. The molecule has 2 aliphatic heterocycles. The molecule has 438 valence electrons. The van der Waals surface area contributed by atoms with Gasteiger partial charge in [0.25, 0.3) is 0 Å². The molecule has 0 fully saturated rings. The first-order valence-electron chi connectivity index (χ1n) is 31.0. The van der Waals surface area contributed by atoms with Crippen LogP contribution in [0.25, 0.3) is 33.4 Å². The summed E-state index contributed by atoms with van der Waals surface area (Å²) in [6, 6.07) is 125. The maximum Gasteiger partial charge on any atom is 0.172 e. The second-order valence-corrected chi connectivity index (χ2v) is 28.5. The first-order chi connectivity index (χ1) is 45.4. The van der Waals surface area contributed by atoms with Gasteiger partial charge in [-0.05, 0) is 216 Å². The Morgan fingerprint density at radius 2 is 0.337 bits per heavy atom. The number of rotatable bonds is 16. The Kier molecular flexibility index (Phi) is 14.4. The molecule has 2 heterocycles. The van der Waals surface area contributed by atoms with E-state index in [1.807, 2.05) is 48.5 Å². The van der Waals surface area contributed by atoms with Crippen LogP contribution >= 0.6 is 14.3 Å². The van der Waals surface area contributed by atoms with E-state index in [-0.39, 0.29) is 0 Å². The van der Waals surface area contributed by atoms with E-state index in [0.717, 1.165) is 102 Å². The molecule has 0 aromatic heterocycles. The minimum atomic E-state index is -3.79. The summed E-state index contributed by atoms with van der Waals surface area (Å²) in [4.78, 5) is 8.96. The summed E-state index contributed by atoms with van der Waals surface area (Å²) in [6.07, 6.45) is 0. The van der Waals surface area contributed by atoms with E-state index >= 15 is 9.13 Å². The highest BCUT2D eigenvalue weighted by Crippen LogP contribution is 2.62. The van der Waals surface area contributed by atoms with Crippen LogP contribution in [0.3, 0.4) is 0 Å². The molecule has 0 unspecified atom stereocenters. The van der Waals surface area contributed by atoms with E-state index < -0.39 is 14.3 Å².